The second-order valence-corrected chi connectivity index (χ2v) is 10.2. The van der Waals surface area contributed by atoms with Crippen molar-refractivity contribution in [1.29, 1.82) is 0 Å². The summed E-state index contributed by atoms with van der Waals surface area (Å²) in [4.78, 5) is 30.6. The van der Waals surface area contributed by atoms with Crippen LogP contribution in [0.1, 0.15) is 43.8 Å². The first-order valence-electron chi connectivity index (χ1n) is 12.7. The van der Waals surface area contributed by atoms with Crippen LogP contribution in [-0.2, 0) is 5.41 Å². The molecule has 0 aliphatic carbocycles. The monoisotopic (exact) mass is 535 g/mol. The fourth-order valence-electron chi connectivity index (χ4n) is 4.02. The molecular formula is C27H34FN9O2. The molecule has 2 aliphatic rings. The predicted molar refractivity (Wildman–Crippen MR) is 152 cm³/mol. The number of benzene rings is 1. The summed E-state index contributed by atoms with van der Waals surface area (Å²) >= 11 is 0. The van der Waals surface area contributed by atoms with E-state index in [1.54, 1.807) is 12.3 Å². The lowest BCUT2D eigenvalue weighted by Gasteiger charge is -2.35. The zero-order valence-corrected chi connectivity index (χ0v) is 22.7. The summed E-state index contributed by atoms with van der Waals surface area (Å²) in [5.74, 6) is 0.359. The Labute approximate surface area is 227 Å². The van der Waals surface area contributed by atoms with Gasteiger partial charge in [0.05, 0.1) is 11.9 Å². The molecule has 0 unspecified atom stereocenters. The van der Waals surface area contributed by atoms with Gasteiger partial charge in [0, 0.05) is 49.4 Å². The Morgan fingerprint density at radius 2 is 1.97 bits per heavy atom. The Kier molecular flexibility index (Phi) is 8.24. The van der Waals surface area contributed by atoms with E-state index in [4.69, 9.17) is 10.3 Å². The van der Waals surface area contributed by atoms with Gasteiger partial charge < -0.3 is 30.7 Å². The number of likely N-dealkylation sites (N-methyl/N-ethyl adjacent to an activating group) is 1. The highest BCUT2D eigenvalue weighted by Crippen LogP contribution is 2.25. The lowest BCUT2D eigenvalue weighted by Crippen LogP contribution is -2.48. The molecule has 1 aromatic heterocycles. The third-order valence-corrected chi connectivity index (χ3v) is 6.33. The van der Waals surface area contributed by atoms with Crippen molar-refractivity contribution in [2.45, 2.75) is 33.1 Å². The van der Waals surface area contributed by atoms with Crippen LogP contribution in [-0.4, -0.2) is 71.5 Å². The van der Waals surface area contributed by atoms with Crippen LogP contribution < -0.4 is 16.4 Å². The summed E-state index contributed by atoms with van der Waals surface area (Å²) < 4.78 is 20.1. The Balaban J connectivity index is 1.56. The maximum Gasteiger partial charge on any atom is 0.256 e. The predicted octanol–water partition coefficient (Wildman–Crippen LogP) is 3.57. The van der Waals surface area contributed by atoms with Gasteiger partial charge in [0.1, 0.15) is 28.8 Å². The molecule has 0 spiro atoms. The average molecular weight is 536 g/mol. The molecule has 11 nitrogen and oxygen atoms in total. The number of carbonyl (C=O) groups is 1. The van der Waals surface area contributed by atoms with Crippen molar-refractivity contribution in [3.05, 3.63) is 65.7 Å². The molecule has 2 aliphatic heterocycles. The van der Waals surface area contributed by atoms with Crippen molar-refractivity contribution in [2.24, 2.45) is 20.7 Å². The van der Waals surface area contributed by atoms with E-state index in [1.165, 1.54) is 24.4 Å². The first-order chi connectivity index (χ1) is 18.6. The van der Waals surface area contributed by atoms with Gasteiger partial charge in [-0.1, -0.05) is 39.4 Å². The highest BCUT2D eigenvalue weighted by atomic mass is 19.1. The Hall–Kier alpha value is -4.32. The maximum absolute atomic E-state index is 14.8. The minimum absolute atomic E-state index is 0.00282. The van der Waals surface area contributed by atoms with E-state index in [9.17, 15) is 9.18 Å². The van der Waals surface area contributed by atoms with E-state index in [0.717, 1.165) is 32.7 Å². The van der Waals surface area contributed by atoms with Crippen molar-refractivity contribution in [3.63, 3.8) is 0 Å². The first-order valence-corrected chi connectivity index (χ1v) is 12.7. The zero-order chi connectivity index (χ0) is 28.2. The second kappa shape index (κ2) is 11.6. The van der Waals surface area contributed by atoms with Crippen molar-refractivity contribution in [1.82, 2.24) is 15.0 Å². The maximum atomic E-state index is 14.8. The van der Waals surface area contributed by atoms with Crippen LogP contribution in [0.2, 0.25) is 0 Å². The van der Waals surface area contributed by atoms with Gasteiger partial charge in [-0.25, -0.2) is 14.4 Å². The number of piperazine rings is 1. The summed E-state index contributed by atoms with van der Waals surface area (Å²) in [6.45, 7) is 16.0. The van der Waals surface area contributed by atoms with E-state index < -0.39 is 11.7 Å². The van der Waals surface area contributed by atoms with Gasteiger partial charge in [0.2, 0.25) is 5.96 Å². The first kappa shape index (κ1) is 27.7. The van der Waals surface area contributed by atoms with Crippen LogP contribution in [0, 0.1) is 5.82 Å². The number of carbonyl (C=O) groups excluding carboxylic acids is 1. The summed E-state index contributed by atoms with van der Waals surface area (Å²) in [5.41, 5.74) is 6.96. The van der Waals surface area contributed by atoms with Crippen LogP contribution in [0.15, 0.2) is 68.1 Å². The lowest BCUT2D eigenvalue weighted by molar-refractivity contribution is 0.102. The molecule has 0 saturated carbocycles. The van der Waals surface area contributed by atoms with E-state index in [0.29, 0.717) is 23.1 Å². The molecule has 39 heavy (non-hydrogen) atoms. The second-order valence-electron chi connectivity index (χ2n) is 10.2. The van der Waals surface area contributed by atoms with Crippen LogP contribution in [0.25, 0.3) is 0 Å². The van der Waals surface area contributed by atoms with Crippen LogP contribution >= 0.6 is 0 Å². The third-order valence-electron chi connectivity index (χ3n) is 6.33. The van der Waals surface area contributed by atoms with Crippen molar-refractivity contribution < 1.29 is 13.7 Å². The number of hydrogen-bond acceptors (Lipinski definition) is 10. The molecule has 1 aromatic carbocycles. The minimum atomic E-state index is -0.599. The molecule has 206 valence electrons. The summed E-state index contributed by atoms with van der Waals surface area (Å²) in [5, 5.41) is 9.42. The van der Waals surface area contributed by atoms with Crippen molar-refractivity contribution >= 4 is 35.3 Å². The zero-order valence-electron chi connectivity index (χ0n) is 22.7. The number of allylic oxidation sites excluding steroid dienone is 1. The Bertz CT molecular complexity index is 1360. The fraction of sp³-hybridized carbons (Fsp3) is 0.370. The largest absolute Gasteiger partial charge is 0.383 e. The molecule has 0 bridgehead atoms. The van der Waals surface area contributed by atoms with E-state index in [2.05, 4.69) is 54.1 Å². The third kappa shape index (κ3) is 6.58. The van der Waals surface area contributed by atoms with Crippen LogP contribution in [0.4, 0.5) is 15.9 Å². The number of nitrogens with two attached hydrogens (primary N) is 1. The molecule has 1 amide bonds. The van der Waals surface area contributed by atoms with E-state index >= 15 is 0 Å². The lowest BCUT2D eigenvalue weighted by atomic mass is 9.93. The van der Waals surface area contributed by atoms with Gasteiger partial charge >= 0.3 is 0 Å². The van der Waals surface area contributed by atoms with Gasteiger partial charge in [0.15, 0.2) is 5.82 Å². The van der Waals surface area contributed by atoms with Gasteiger partial charge in [-0.3, -0.25) is 9.79 Å². The van der Waals surface area contributed by atoms with Crippen molar-refractivity contribution in [2.75, 3.05) is 43.4 Å². The molecule has 12 heteroatoms. The SMILES string of the molecule is C=C/N=C1/C=NC(N2CCN(CC)CC2)=N/C1=C(/N)Nc1cc(C(=O)Nc2cc(C(C)(C)C)on2)ccc1F. The molecule has 1 fully saturated rings. The van der Waals surface area contributed by atoms with E-state index in [1.807, 2.05) is 20.8 Å². The molecule has 1 saturated heterocycles. The number of hydrogen-bond donors (Lipinski definition) is 3. The highest BCUT2D eigenvalue weighted by Gasteiger charge is 2.24. The number of guanidine groups is 1. The van der Waals surface area contributed by atoms with Crippen LogP contribution in [0.5, 0.6) is 0 Å². The standard InChI is InChI=1S/C27H34FN9O2/c1-6-30-20-16-31-26(37-12-10-36(7-2)11-13-37)34-23(20)24(29)32-19-14-17(8-9-18(19)28)25(38)33-22-15-21(39-35-22)27(3,4)5/h6,8-9,14-16,32H,1,7,10-13,29H2,2-5H3,(H,33,35,38)/b24-23-,30-20-. The summed E-state index contributed by atoms with van der Waals surface area (Å²) in [7, 11) is 0. The van der Waals surface area contributed by atoms with E-state index in [-0.39, 0.29) is 28.3 Å². The summed E-state index contributed by atoms with van der Waals surface area (Å²) in [6.07, 6.45) is 2.92. The molecule has 3 heterocycles. The molecule has 2 aromatic rings. The minimum Gasteiger partial charge on any atom is -0.383 e. The van der Waals surface area contributed by atoms with Gasteiger partial charge in [-0.2, -0.15) is 0 Å². The van der Waals surface area contributed by atoms with Gasteiger partial charge in [0.25, 0.3) is 5.91 Å². The van der Waals surface area contributed by atoms with Crippen molar-refractivity contribution in [3.8, 4) is 0 Å². The number of rotatable bonds is 6. The number of nitrogens with one attached hydrogen (secondary N) is 2. The Morgan fingerprint density at radius 3 is 2.62 bits per heavy atom. The number of halogens is 1. The topological polar surface area (TPSA) is 137 Å². The van der Waals surface area contributed by atoms with Gasteiger partial charge in [-0.15, -0.1) is 0 Å². The number of anilines is 2. The number of aliphatic imine (C=N–C) groups is 3. The Morgan fingerprint density at radius 1 is 1.23 bits per heavy atom. The quantitative estimate of drug-likeness (QED) is 0.514. The molecule has 4 rings (SSSR count). The van der Waals surface area contributed by atoms with Crippen LogP contribution in [0.3, 0.4) is 0 Å². The van der Waals surface area contributed by atoms with Gasteiger partial charge in [-0.05, 0) is 24.7 Å². The molecule has 0 radical (unpaired) electrons. The fourth-order valence-corrected chi connectivity index (χ4v) is 4.02. The molecular weight excluding hydrogens is 501 g/mol. The number of nitrogens with zero attached hydrogens (tertiary/aromatic N) is 6. The highest BCUT2D eigenvalue weighted by molar-refractivity contribution is 6.41. The smallest absolute Gasteiger partial charge is 0.256 e. The average Bonchev–Trinajstić information content (AvgIpc) is 3.39. The molecule has 4 N–H and O–H groups in total. The number of amides is 1. The molecule has 0 atom stereocenters. The normalized spacial score (nSPS) is 18.6. The summed E-state index contributed by atoms with van der Waals surface area (Å²) in [6, 6.07) is 5.57. The number of aromatic nitrogens is 1.